The average Bonchev–Trinajstić information content (AvgIpc) is 3.21. The molecule has 6 nitrogen and oxygen atoms in total. The van der Waals surface area contributed by atoms with Gasteiger partial charge in [-0.15, -0.1) is 0 Å². The fraction of sp³-hybridized carbons (Fsp3) is 0.346. The molecular weight excluding hydrogens is 402 g/mol. The molecule has 0 saturated carbocycles. The second-order valence-corrected chi connectivity index (χ2v) is 7.95. The molecule has 32 heavy (non-hydrogen) atoms. The summed E-state index contributed by atoms with van der Waals surface area (Å²) in [5.41, 5.74) is 1.82. The molecule has 3 aromatic rings. The number of amides is 2. The normalized spacial score (nSPS) is 10.8. The summed E-state index contributed by atoms with van der Waals surface area (Å²) in [5.74, 6) is 0.132. The quantitative estimate of drug-likeness (QED) is 0.424. The van der Waals surface area contributed by atoms with Gasteiger partial charge in [-0.3, -0.25) is 9.59 Å². The lowest BCUT2D eigenvalue weighted by atomic mass is 9.90. The highest BCUT2D eigenvalue weighted by Gasteiger charge is 2.28. The third-order valence-electron chi connectivity index (χ3n) is 5.34. The summed E-state index contributed by atoms with van der Waals surface area (Å²) in [6.07, 6.45) is 4.09. The highest BCUT2D eigenvalue weighted by atomic mass is 16.5. The molecule has 1 heterocycles. The van der Waals surface area contributed by atoms with E-state index in [1.165, 1.54) is 0 Å². The van der Waals surface area contributed by atoms with E-state index in [0.717, 1.165) is 36.8 Å². The van der Waals surface area contributed by atoms with Crippen molar-refractivity contribution in [1.29, 1.82) is 0 Å². The van der Waals surface area contributed by atoms with E-state index in [1.54, 1.807) is 17.9 Å². The van der Waals surface area contributed by atoms with Crippen molar-refractivity contribution in [3.05, 3.63) is 83.6 Å². The Morgan fingerprint density at radius 2 is 1.59 bits per heavy atom. The van der Waals surface area contributed by atoms with E-state index >= 15 is 0 Å². The van der Waals surface area contributed by atoms with Gasteiger partial charge in [-0.2, -0.15) is 0 Å². The van der Waals surface area contributed by atoms with Crippen LogP contribution in [0.1, 0.15) is 55.4 Å². The van der Waals surface area contributed by atoms with Gasteiger partial charge in [-0.1, -0.05) is 92.0 Å². The molecule has 1 N–H and O–H groups in total. The molecule has 1 aromatic heterocycles. The SMILES string of the molecule is CCCCCCN(CC(=O)Nc1cc(C)on1)C(=O)C(c1ccccc1)c1ccccc1. The monoisotopic (exact) mass is 433 g/mol. The lowest BCUT2D eigenvalue weighted by molar-refractivity contribution is -0.135. The number of hydrogen-bond donors (Lipinski definition) is 1. The maximum atomic E-state index is 13.8. The zero-order valence-electron chi connectivity index (χ0n) is 18.8. The molecule has 6 heteroatoms. The topological polar surface area (TPSA) is 75.4 Å². The van der Waals surface area contributed by atoms with Crippen LogP contribution < -0.4 is 5.32 Å². The first-order chi connectivity index (χ1) is 15.6. The average molecular weight is 434 g/mol. The Morgan fingerprint density at radius 1 is 0.969 bits per heavy atom. The number of nitrogens with one attached hydrogen (secondary N) is 1. The number of hydrogen-bond acceptors (Lipinski definition) is 4. The van der Waals surface area contributed by atoms with Crippen molar-refractivity contribution in [2.24, 2.45) is 0 Å². The van der Waals surface area contributed by atoms with Gasteiger partial charge in [-0.25, -0.2) is 0 Å². The smallest absolute Gasteiger partial charge is 0.245 e. The Hall–Kier alpha value is -3.41. The summed E-state index contributed by atoms with van der Waals surface area (Å²) in [6.45, 7) is 4.40. The van der Waals surface area contributed by atoms with E-state index in [9.17, 15) is 9.59 Å². The minimum Gasteiger partial charge on any atom is -0.360 e. The van der Waals surface area contributed by atoms with E-state index < -0.39 is 5.92 Å². The summed E-state index contributed by atoms with van der Waals surface area (Å²) in [6, 6.07) is 21.1. The Labute approximate surface area is 189 Å². The van der Waals surface area contributed by atoms with Crippen molar-refractivity contribution in [2.45, 2.75) is 45.4 Å². The molecule has 2 aromatic carbocycles. The molecule has 3 rings (SSSR count). The van der Waals surface area contributed by atoms with Crippen molar-refractivity contribution in [1.82, 2.24) is 10.1 Å². The summed E-state index contributed by atoms with van der Waals surface area (Å²) in [7, 11) is 0. The third-order valence-corrected chi connectivity index (χ3v) is 5.34. The van der Waals surface area contributed by atoms with Gasteiger partial charge in [0.15, 0.2) is 5.82 Å². The maximum absolute atomic E-state index is 13.8. The van der Waals surface area contributed by atoms with Gasteiger partial charge < -0.3 is 14.7 Å². The predicted octanol–water partition coefficient (Wildman–Crippen LogP) is 5.16. The van der Waals surface area contributed by atoms with Crippen molar-refractivity contribution in [3.8, 4) is 0 Å². The lowest BCUT2D eigenvalue weighted by Gasteiger charge is -2.27. The molecule has 0 unspecified atom stereocenters. The number of anilines is 1. The van der Waals surface area contributed by atoms with Crippen LogP contribution in [0.2, 0.25) is 0 Å². The predicted molar refractivity (Wildman–Crippen MR) is 125 cm³/mol. The zero-order valence-corrected chi connectivity index (χ0v) is 18.8. The van der Waals surface area contributed by atoms with E-state index in [0.29, 0.717) is 18.1 Å². The summed E-state index contributed by atoms with van der Waals surface area (Å²) < 4.78 is 5.02. The van der Waals surface area contributed by atoms with Crippen LogP contribution in [0.15, 0.2) is 71.3 Å². The Balaban J connectivity index is 1.82. The Morgan fingerprint density at radius 3 is 2.12 bits per heavy atom. The number of aromatic nitrogens is 1. The first-order valence-corrected chi connectivity index (χ1v) is 11.2. The number of carbonyl (C=O) groups excluding carboxylic acids is 2. The lowest BCUT2D eigenvalue weighted by Crippen LogP contribution is -2.41. The molecule has 0 saturated heterocycles. The van der Waals surface area contributed by atoms with Gasteiger partial charge in [0.25, 0.3) is 0 Å². The maximum Gasteiger partial charge on any atom is 0.245 e. The molecule has 0 atom stereocenters. The van der Waals surface area contributed by atoms with E-state index in [2.05, 4.69) is 17.4 Å². The number of benzene rings is 2. The molecule has 0 spiro atoms. The van der Waals surface area contributed by atoms with E-state index in [-0.39, 0.29) is 18.4 Å². The minimum absolute atomic E-state index is 0.0347. The van der Waals surface area contributed by atoms with E-state index in [1.807, 2.05) is 60.7 Å². The van der Waals surface area contributed by atoms with Crippen molar-refractivity contribution < 1.29 is 14.1 Å². The molecule has 0 aliphatic rings. The van der Waals surface area contributed by atoms with Crippen LogP contribution >= 0.6 is 0 Å². The first kappa shape index (κ1) is 23.3. The first-order valence-electron chi connectivity index (χ1n) is 11.2. The van der Waals surface area contributed by atoms with Crippen molar-refractivity contribution in [3.63, 3.8) is 0 Å². The molecule has 0 aliphatic heterocycles. The van der Waals surface area contributed by atoms with Crippen LogP contribution in [0.25, 0.3) is 0 Å². The van der Waals surface area contributed by atoms with Gasteiger partial charge in [0, 0.05) is 12.6 Å². The van der Waals surface area contributed by atoms with Gasteiger partial charge in [0.05, 0.1) is 12.5 Å². The largest absolute Gasteiger partial charge is 0.360 e. The standard InChI is InChI=1S/C26H31N3O3/c1-3-4-5-12-17-29(19-24(30)27-23-18-20(2)32-28-23)26(31)25(21-13-8-6-9-14-21)22-15-10-7-11-16-22/h6-11,13-16,18,25H,3-5,12,17,19H2,1-2H3,(H,27,28,30). The summed E-state index contributed by atoms with van der Waals surface area (Å²) in [5, 5.41) is 6.54. The third kappa shape index (κ3) is 6.54. The van der Waals surface area contributed by atoms with Gasteiger partial charge in [0.1, 0.15) is 5.76 Å². The molecule has 0 radical (unpaired) electrons. The molecule has 168 valence electrons. The fourth-order valence-corrected chi connectivity index (χ4v) is 3.73. The van der Waals surface area contributed by atoms with Crippen LogP contribution in [0, 0.1) is 6.92 Å². The summed E-state index contributed by atoms with van der Waals surface area (Å²) >= 11 is 0. The number of nitrogens with zero attached hydrogens (tertiary/aromatic N) is 2. The zero-order chi connectivity index (χ0) is 22.8. The number of carbonyl (C=O) groups is 2. The van der Waals surface area contributed by atoms with Crippen LogP contribution in [-0.4, -0.2) is 35.0 Å². The minimum atomic E-state index is -0.467. The molecule has 0 bridgehead atoms. The highest BCUT2D eigenvalue weighted by molar-refractivity contribution is 5.95. The van der Waals surface area contributed by atoms with Gasteiger partial charge in [-0.05, 0) is 24.5 Å². The van der Waals surface area contributed by atoms with Gasteiger partial charge >= 0.3 is 0 Å². The van der Waals surface area contributed by atoms with Crippen LogP contribution in [0.4, 0.5) is 5.82 Å². The Kier molecular flexibility index (Phi) is 8.61. The molecule has 0 fully saturated rings. The van der Waals surface area contributed by atoms with Crippen molar-refractivity contribution in [2.75, 3.05) is 18.4 Å². The number of unbranched alkanes of at least 4 members (excludes halogenated alkanes) is 3. The number of aryl methyl sites for hydroxylation is 1. The molecule has 0 aliphatic carbocycles. The summed E-state index contributed by atoms with van der Waals surface area (Å²) in [4.78, 5) is 28.2. The Bertz CT molecular complexity index is 946. The van der Waals surface area contributed by atoms with Crippen LogP contribution in [-0.2, 0) is 9.59 Å². The highest BCUT2D eigenvalue weighted by Crippen LogP contribution is 2.27. The second kappa shape index (κ2) is 11.8. The van der Waals surface area contributed by atoms with Crippen LogP contribution in [0.5, 0.6) is 0 Å². The fourth-order valence-electron chi connectivity index (χ4n) is 3.73. The molecule has 2 amide bonds. The van der Waals surface area contributed by atoms with E-state index in [4.69, 9.17) is 4.52 Å². The molecular formula is C26H31N3O3. The number of rotatable bonds is 11. The van der Waals surface area contributed by atoms with Gasteiger partial charge in [0.2, 0.25) is 11.8 Å². The second-order valence-electron chi connectivity index (χ2n) is 7.95. The van der Waals surface area contributed by atoms with Crippen LogP contribution in [0.3, 0.4) is 0 Å². The van der Waals surface area contributed by atoms with Crippen molar-refractivity contribution >= 4 is 17.6 Å².